The summed E-state index contributed by atoms with van der Waals surface area (Å²) in [5, 5.41) is 2.90. The molecule has 5 heteroatoms. The van der Waals surface area contributed by atoms with Gasteiger partial charge in [0.1, 0.15) is 0 Å². The molecule has 0 bridgehead atoms. The fraction of sp³-hybridized carbons (Fsp3) is 0.462. The van der Waals surface area contributed by atoms with E-state index in [9.17, 15) is 4.79 Å². The normalized spacial score (nSPS) is 9.94. The van der Waals surface area contributed by atoms with Crippen LogP contribution in [0.3, 0.4) is 0 Å². The first-order valence-corrected chi connectivity index (χ1v) is 6.03. The molecule has 0 fully saturated rings. The lowest BCUT2D eigenvalue weighted by atomic mass is 10.2. The summed E-state index contributed by atoms with van der Waals surface area (Å²) in [7, 11) is 0. The van der Waals surface area contributed by atoms with Crippen LogP contribution in [0.4, 0.5) is 5.69 Å². The smallest absolute Gasteiger partial charge is 0.251 e. The fourth-order valence-corrected chi connectivity index (χ4v) is 1.60. The Bertz CT molecular complexity index is 347. The van der Waals surface area contributed by atoms with Gasteiger partial charge in [-0.1, -0.05) is 13.8 Å². The monoisotopic (exact) mass is 252 g/mol. The van der Waals surface area contributed by atoms with Crippen molar-refractivity contribution in [2.24, 2.45) is 0 Å². The molecular formula is C13H24N4O. The highest BCUT2D eigenvalue weighted by Crippen LogP contribution is 2.04. The number of hydrogen-bond donors (Lipinski definition) is 3. The Kier molecular flexibility index (Phi) is 7.74. The van der Waals surface area contributed by atoms with E-state index >= 15 is 0 Å². The second kappa shape index (κ2) is 8.49. The van der Waals surface area contributed by atoms with Crippen LogP contribution in [0.1, 0.15) is 24.2 Å². The molecule has 102 valence electrons. The van der Waals surface area contributed by atoms with E-state index < -0.39 is 0 Å². The van der Waals surface area contributed by atoms with Crippen LogP contribution in [-0.2, 0) is 0 Å². The summed E-state index contributed by atoms with van der Waals surface area (Å²) < 4.78 is 0. The number of nitrogens with two attached hydrogens (primary N) is 1. The third-order valence-corrected chi connectivity index (χ3v) is 2.78. The highest BCUT2D eigenvalue weighted by atomic mass is 16.1. The molecule has 0 spiro atoms. The Morgan fingerprint density at radius 2 is 1.78 bits per heavy atom. The minimum atomic E-state index is -0.0443. The molecule has 0 radical (unpaired) electrons. The molecule has 1 amide bonds. The molecule has 0 heterocycles. The Morgan fingerprint density at radius 3 is 2.28 bits per heavy atom. The van der Waals surface area contributed by atoms with Gasteiger partial charge in [-0.15, -0.1) is 0 Å². The van der Waals surface area contributed by atoms with E-state index in [-0.39, 0.29) is 12.1 Å². The predicted molar refractivity (Wildman–Crippen MR) is 76.0 cm³/mol. The summed E-state index contributed by atoms with van der Waals surface area (Å²) >= 11 is 0. The molecule has 6 N–H and O–H groups in total. The van der Waals surface area contributed by atoms with Crippen molar-refractivity contribution < 1.29 is 4.79 Å². The number of hydrogen-bond acceptors (Lipinski definition) is 4. The average Bonchev–Trinajstić information content (AvgIpc) is 2.35. The van der Waals surface area contributed by atoms with Crippen molar-refractivity contribution in [3.8, 4) is 0 Å². The summed E-state index contributed by atoms with van der Waals surface area (Å²) in [6, 6.07) is 6.95. The Balaban J connectivity index is 0.00000289. The van der Waals surface area contributed by atoms with Crippen LogP contribution in [0.5, 0.6) is 0 Å². The number of carbonyl (C=O) groups is 1. The van der Waals surface area contributed by atoms with Gasteiger partial charge in [-0.25, -0.2) is 0 Å². The maximum atomic E-state index is 11.7. The number of benzene rings is 1. The van der Waals surface area contributed by atoms with Crippen LogP contribution < -0.4 is 17.2 Å². The van der Waals surface area contributed by atoms with E-state index in [2.05, 4.69) is 24.1 Å². The Labute approximate surface area is 109 Å². The second-order valence-corrected chi connectivity index (χ2v) is 3.90. The van der Waals surface area contributed by atoms with E-state index in [4.69, 9.17) is 5.73 Å². The van der Waals surface area contributed by atoms with Crippen molar-refractivity contribution in [2.75, 3.05) is 31.9 Å². The summed E-state index contributed by atoms with van der Waals surface area (Å²) in [4.78, 5) is 14.0. The van der Waals surface area contributed by atoms with Gasteiger partial charge < -0.3 is 22.1 Å². The van der Waals surface area contributed by atoms with Crippen molar-refractivity contribution in [3.05, 3.63) is 29.8 Å². The van der Waals surface area contributed by atoms with Gasteiger partial charge in [0, 0.05) is 24.3 Å². The number of nitrogen functional groups attached to an aromatic ring is 1. The molecule has 0 aromatic heterocycles. The molecule has 0 aliphatic heterocycles. The van der Waals surface area contributed by atoms with E-state index in [1.807, 2.05) is 0 Å². The highest BCUT2D eigenvalue weighted by Gasteiger charge is 2.05. The van der Waals surface area contributed by atoms with Crippen molar-refractivity contribution in [3.63, 3.8) is 0 Å². The number of rotatable bonds is 6. The van der Waals surface area contributed by atoms with Gasteiger partial charge in [0.25, 0.3) is 5.91 Å². The zero-order valence-corrected chi connectivity index (χ0v) is 11.3. The van der Waals surface area contributed by atoms with Gasteiger partial charge >= 0.3 is 0 Å². The zero-order valence-electron chi connectivity index (χ0n) is 11.3. The maximum absolute atomic E-state index is 11.7. The van der Waals surface area contributed by atoms with Crippen LogP contribution >= 0.6 is 0 Å². The van der Waals surface area contributed by atoms with Gasteiger partial charge in [-0.3, -0.25) is 4.79 Å². The maximum Gasteiger partial charge on any atom is 0.251 e. The molecule has 1 aromatic carbocycles. The first-order chi connectivity index (χ1) is 8.17. The van der Waals surface area contributed by atoms with Gasteiger partial charge in [0.05, 0.1) is 0 Å². The molecular weight excluding hydrogens is 228 g/mol. The lowest BCUT2D eigenvalue weighted by molar-refractivity contribution is 0.0949. The van der Waals surface area contributed by atoms with E-state index in [0.29, 0.717) is 17.8 Å². The lowest BCUT2D eigenvalue weighted by Crippen LogP contribution is -2.34. The average molecular weight is 252 g/mol. The SMILES string of the molecule is CCN(CC)CCNC(=O)c1ccc(N)cc1.N. The van der Waals surface area contributed by atoms with Crippen LogP contribution in [0.15, 0.2) is 24.3 Å². The van der Waals surface area contributed by atoms with Gasteiger partial charge in [-0.2, -0.15) is 0 Å². The first-order valence-electron chi connectivity index (χ1n) is 6.03. The fourth-order valence-electron chi connectivity index (χ4n) is 1.60. The van der Waals surface area contributed by atoms with Crippen molar-refractivity contribution in [1.29, 1.82) is 0 Å². The van der Waals surface area contributed by atoms with Gasteiger partial charge in [-0.05, 0) is 37.4 Å². The first kappa shape index (κ1) is 16.4. The summed E-state index contributed by atoms with van der Waals surface area (Å²) in [5.74, 6) is -0.0443. The van der Waals surface area contributed by atoms with Gasteiger partial charge in [0.15, 0.2) is 0 Å². The third-order valence-electron chi connectivity index (χ3n) is 2.78. The van der Waals surface area contributed by atoms with Crippen LogP contribution in [0.2, 0.25) is 0 Å². The standard InChI is InChI=1S/C13H21N3O.H3N/c1-3-16(4-2)10-9-15-13(17)11-5-7-12(14)8-6-11;/h5-8H,3-4,9-10,14H2,1-2H3,(H,15,17);1H3. The molecule has 0 saturated heterocycles. The van der Waals surface area contributed by atoms with E-state index in [0.717, 1.165) is 19.6 Å². The largest absolute Gasteiger partial charge is 0.399 e. The Morgan fingerprint density at radius 1 is 1.22 bits per heavy atom. The molecule has 0 saturated carbocycles. The summed E-state index contributed by atoms with van der Waals surface area (Å²) in [6.07, 6.45) is 0. The number of carbonyl (C=O) groups excluding carboxylic acids is 1. The zero-order chi connectivity index (χ0) is 12.7. The summed E-state index contributed by atoms with van der Waals surface area (Å²) in [5.41, 5.74) is 6.89. The van der Waals surface area contributed by atoms with Crippen molar-refractivity contribution in [2.45, 2.75) is 13.8 Å². The minimum Gasteiger partial charge on any atom is -0.399 e. The van der Waals surface area contributed by atoms with Crippen LogP contribution in [0.25, 0.3) is 0 Å². The minimum absolute atomic E-state index is 0. The molecule has 0 unspecified atom stereocenters. The van der Waals surface area contributed by atoms with Crippen LogP contribution in [0, 0.1) is 0 Å². The lowest BCUT2D eigenvalue weighted by Gasteiger charge is -2.17. The molecule has 5 nitrogen and oxygen atoms in total. The van der Waals surface area contributed by atoms with E-state index in [1.54, 1.807) is 24.3 Å². The molecule has 0 aliphatic rings. The number of nitrogens with zero attached hydrogens (tertiary/aromatic N) is 1. The van der Waals surface area contributed by atoms with E-state index in [1.165, 1.54) is 0 Å². The molecule has 0 atom stereocenters. The number of likely N-dealkylation sites (N-methyl/N-ethyl adjacent to an activating group) is 1. The van der Waals surface area contributed by atoms with Crippen LogP contribution in [-0.4, -0.2) is 37.0 Å². The highest BCUT2D eigenvalue weighted by molar-refractivity contribution is 5.94. The number of nitrogens with one attached hydrogen (secondary N) is 1. The molecule has 1 rings (SSSR count). The van der Waals surface area contributed by atoms with Crippen molar-refractivity contribution >= 4 is 11.6 Å². The molecule has 1 aromatic rings. The third kappa shape index (κ3) is 5.16. The second-order valence-electron chi connectivity index (χ2n) is 3.90. The molecule has 18 heavy (non-hydrogen) atoms. The summed E-state index contributed by atoms with van der Waals surface area (Å²) in [6.45, 7) is 7.80. The van der Waals surface area contributed by atoms with Gasteiger partial charge in [0.2, 0.25) is 0 Å². The number of anilines is 1. The number of amides is 1. The predicted octanol–water partition coefficient (Wildman–Crippen LogP) is 1.50. The molecule has 0 aliphatic carbocycles. The van der Waals surface area contributed by atoms with Crippen molar-refractivity contribution in [1.82, 2.24) is 16.4 Å². The topological polar surface area (TPSA) is 93.4 Å². The quantitative estimate of drug-likeness (QED) is 0.669. The Hall–Kier alpha value is -1.59.